The smallest absolute Gasteiger partial charge is 0.269 e. The minimum atomic E-state index is -0.446. The lowest BCUT2D eigenvalue weighted by Crippen LogP contribution is -2.15. The summed E-state index contributed by atoms with van der Waals surface area (Å²) in [6, 6.07) is 6.14. The molecule has 1 unspecified atom stereocenters. The number of hydrogen-bond acceptors (Lipinski definition) is 3. The van der Waals surface area contributed by atoms with Crippen molar-refractivity contribution in [1.82, 2.24) is 0 Å². The molecule has 1 aromatic rings. The van der Waals surface area contributed by atoms with Crippen molar-refractivity contribution in [3.8, 4) is 0 Å². The van der Waals surface area contributed by atoms with Crippen molar-refractivity contribution in [1.29, 1.82) is 0 Å². The van der Waals surface area contributed by atoms with Gasteiger partial charge in [0.1, 0.15) is 5.78 Å². The summed E-state index contributed by atoms with van der Waals surface area (Å²) in [6.07, 6.45) is 0. The van der Waals surface area contributed by atoms with E-state index in [9.17, 15) is 14.9 Å². The number of carbonyl (C=O) groups excluding carboxylic acids is 1. The Balaban J connectivity index is 2.89. The van der Waals surface area contributed by atoms with Gasteiger partial charge in [0.2, 0.25) is 0 Å². The van der Waals surface area contributed by atoms with E-state index in [0.717, 1.165) is 5.56 Å². The predicted molar refractivity (Wildman–Crippen MR) is 61.4 cm³/mol. The second-order valence-electron chi connectivity index (χ2n) is 4.13. The third-order valence-corrected chi connectivity index (χ3v) is 2.60. The molecular formula is C12H15NO3. The SMILES string of the molecule is CC(C)C(=O)C(C)c1ccc([N+](=O)[O-])cc1. The lowest BCUT2D eigenvalue weighted by Gasteiger charge is -2.12. The summed E-state index contributed by atoms with van der Waals surface area (Å²) in [5, 5.41) is 10.5. The second-order valence-corrected chi connectivity index (χ2v) is 4.13. The van der Waals surface area contributed by atoms with Gasteiger partial charge in [-0.2, -0.15) is 0 Å². The van der Waals surface area contributed by atoms with E-state index in [-0.39, 0.29) is 23.3 Å². The quantitative estimate of drug-likeness (QED) is 0.580. The fraction of sp³-hybridized carbons (Fsp3) is 0.417. The first kappa shape index (κ1) is 12.4. The van der Waals surface area contributed by atoms with E-state index in [1.165, 1.54) is 12.1 Å². The van der Waals surface area contributed by atoms with Crippen molar-refractivity contribution in [3.63, 3.8) is 0 Å². The van der Waals surface area contributed by atoms with Gasteiger partial charge in [0.15, 0.2) is 0 Å². The number of non-ortho nitro benzene ring substituents is 1. The van der Waals surface area contributed by atoms with Gasteiger partial charge in [-0.05, 0) is 5.56 Å². The highest BCUT2D eigenvalue weighted by molar-refractivity contribution is 5.86. The molecule has 0 N–H and O–H groups in total. The third kappa shape index (κ3) is 2.66. The maximum absolute atomic E-state index is 11.7. The maximum Gasteiger partial charge on any atom is 0.269 e. The molecule has 0 radical (unpaired) electrons. The molecule has 0 aliphatic rings. The van der Waals surface area contributed by atoms with Crippen molar-refractivity contribution in [2.45, 2.75) is 26.7 Å². The maximum atomic E-state index is 11.7. The Morgan fingerprint density at radius 1 is 1.19 bits per heavy atom. The highest BCUT2D eigenvalue weighted by Gasteiger charge is 2.18. The van der Waals surface area contributed by atoms with Crippen LogP contribution in [0.25, 0.3) is 0 Å². The topological polar surface area (TPSA) is 60.2 Å². The third-order valence-electron chi connectivity index (χ3n) is 2.60. The van der Waals surface area contributed by atoms with Crippen LogP contribution in [-0.2, 0) is 4.79 Å². The van der Waals surface area contributed by atoms with Crippen LogP contribution in [0, 0.1) is 16.0 Å². The zero-order valence-electron chi connectivity index (χ0n) is 9.64. The van der Waals surface area contributed by atoms with Crippen molar-refractivity contribution < 1.29 is 9.72 Å². The predicted octanol–water partition coefficient (Wildman–Crippen LogP) is 2.92. The van der Waals surface area contributed by atoms with Crippen LogP contribution in [0.15, 0.2) is 24.3 Å². The van der Waals surface area contributed by atoms with Gasteiger partial charge in [0, 0.05) is 24.0 Å². The molecule has 0 aromatic heterocycles. The Morgan fingerprint density at radius 2 is 1.69 bits per heavy atom. The largest absolute Gasteiger partial charge is 0.299 e. The Labute approximate surface area is 94.4 Å². The van der Waals surface area contributed by atoms with Crippen LogP contribution in [0.1, 0.15) is 32.3 Å². The van der Waals surface area contributed by atoms with Gasteiger partial charge in [-0.25, -0.2) is 0 Å². The van der Waals surface area contributed by atoms with Crippen molar-refractivity contribution >= 4 is 11.5 Å². The zero-order valence-corrected chi connectivity index (χ0v) is 9.64. The highest BCUT2D eigenvalue weighted by Crippen LogP contribution is 2.22. The first-order valence-corrected chi connectivity index (χ1v) is 5.21. The lowest BCUT2D eigenvalue weighted by molar-refractivity contribution is -0.384. The molecular weight excluding hydrogens is 206 g/mol. The number of hydrogen-bond donors (Lipinski definition) is 0. The van der Waals surface area contributed by atoms with Gasteiger partial charge in [-0.3, -0.25) is 14.9 Å². The minimum absolute atomic E-state index is 0.0230. The fourth-order valence-electron chi connectivity index (χ4n) is 1.55. The van der Waals surface area contributed by atoms with Crippen LogP contribution in [0.3, 0.4) is 0 Å². The molecule has 4 nitrogen and oxygen atoms in total. The normalized spacial score (nSPS) is 12.5. The van der Waals surface area contributed by atoms with Gasteiger partial charge >= 0.3 is 0 Å². The summed E-state index contributed by atoms with van der Waals surface area (Å²) >= 11 is 0. The molecule has 0 aliphatic heterocycles. The summed E-state index contributed by atoms with van der Waals surface area (Å²) in [5.41, 5.74) is 0.872. The van der Waals surface area contributed by atoms with Crippen LogP contribution in [0.2, 0.25) is 0 Å². The minimum Gasteiger partial charge on any atom is -0.299 e. The van der Waals surface area contributed by atoms with Gasteiger partial charge < -0.3 is 0 Å². The average Bonchev–Trinajstić information content (AvgIpc) is 2.27. The molecule has 0 heterocycles. The van der Waals surface area contributed by atoms with Crippen molar-refractivity contribution in [2.75, 3.05) is 0 Å². The number of benzene rings is 1. The molecule has 0 saturated heterocycles. The van der Waals surface area contributed by atoms with Crippen LogP contribution >= 0.6 is 0 Å². The van der Waals surface area contributed by atoms with E-state index in [2.05, 4.69) is 0 Å². The highest BCUT2D eigenvalue weighted by atomic mass is 16.6. The number of ketones is 1. The number of rotatable bonds is 4. The van der Waals surface area contributed by atoms with Gasteiger partial charge in [-0.1, -0.05) is 32.9 Å². The summed E-state index contributed by atoms with van der Waals surface area (Å²) in [5.74, 6) is -0.0835. The van der Waals surface area contributed by atoms with E-state index >= 15 is 0 Å². The molecule has 0 spiro atoms. The Kier molecular flexibility index (Phi) is 3.77. The van der Waals surface area contributed by atoms with Gasteiger partial charge in [0.25, 0.3) is 5.69 Å². The molecule has 0 bridgehead atoms. The Morgan fingerprint density at radius 3 is 2.06 bits per heavy atom. The standard InChI is InChI=1S/C12H15NO3/c1-8(2)12(14)9(3)10-4-6-11(7-5-10)13(15)16/h4-9H,1-3H3. The van der Waals surface area contributed by atoms with E-state index < -0.39 is 4.92 Å². The molecule has 0 saturated carbocycles. The summed E-state index contributed by atoms with van der Waals surface area (Å²) in [6.45, 7) is 5.53. The zero-order chi connectivity index (χ0) is 12.3. The number of nitro groups is 1. The summed E-state index contributed by atoms with van der Waals surface area (Å²) in [4.78, 5) is 21.7. The Hall–Kier alpha value is -1.71. The van der Waals surface area contributed by atoms with E-state index in [1.807, 2.05) is 20.8 Å². The van der Waals surface area contributed by atoms with E-state index in [4.69, 9.17) is 0 Å². The summed E-state index contributed by atoms with van der Waals surface area (Å²) < 4.78 is 0. The number of nitrogens with zero attached hydrogens (tertiary/aromatic N) is 1. The molecule has 16 heavy (non-hydrogen) atoms. The molecule has 1 rings (SSSR count). The van der Waals surface area contributed by atoms with Crippen LogP contribution in [0.5, 0.6) is 0 Å². The lowest BCUT2D eigenvalue weighted by atomic mass is 9.90. The number of nitro benzene ring substituents is 1. The molecule has 4 heteroatoms. The Bertz CT molecular complexity index is 395. The number of carbonyl (C=O) groups is 1. The molecule has 86 valence electrons. The fourth-order valence-corrected chi connectivity index (χ4v) is 1.55. The van der Waals surface area contributed by atoms with Crippen LogP contribution in [0.4, 0.5) is 5.69 Å². The molecule has 0 amide bonds. The molecule has 1 atom stereocenters. The van der Waals surface area contributed by atoms with E-state index in [0.29, 0.717) is 0 Å². The molecule has 1 aromatic carbocycles. The monoisotopic (exact) mass is 221 g/mol. The molecule has 0 fully saturated rings. The first-order valence-electron chi connectivity index (χ1n) is 5.21. The number of Topliss-reactive ketones (excluding diaryl/α,β-unsaturated/α-hetero) is 1. The average molecular weight is 221 g/mol. The van der Waals surface area contributed by atoms with Crippen molar-refractivity contribution in [2.24, 2.45) is 5.92 Å². The van der Waals surface area contributed by atoms with Crippen LogP contribution in [-0.4, -0.2) is 10.7 Å². The molecule has 0 aliphatic carbocycles. The van der Waals surface area contributed by atoms with Gasteiger partial charge in [0.05, 0.1) is 4.92 Å². The van der Waals surface area contributed by atoms with Gasteiger partial charge in [-0.15, -0.1) is 0 Å². The van der Waals surface area contributed by atoms with E-state index in [1.54, 1.807) is 12.1 Å². The first-order chi connectivity index (χ1) is 7.43. The van der Waals surface area contributed by atoms with Crippen LogP contribution < -0.4 is 0 Å². The van der Waals surface area contributed by atoms with Crippen molar-refractivity contribution in [3.05, 3.63) is 39.9 Å². The second kappa shape index (κ2) is 4.88. The summed E-state index contributed by atoms with van der Waals surface area (Å²) in [7, 11) is 0.